The van der Waals surface area contributed by atoms with Crippen molar-refractivity contribution in [2.45, 2.75) is 0 Å². The summed E-state index contributed by atoms with van der Waals surface area (Å²) in [6, 6.07) is 17.8. The van der Waals surface area contributed by atoms with E-state index in [2.05, 4.69) is 0 Å². The number of halogens is 1. The van der Waals surface area contributed by atoms with E-state index >= 15 is 0 Å². The van der Waals surface area contributed by atoms with Gasteiger partial charge in [0.2, 0.25) is 0 Å². The molecule has 118 valence electrons. The SMILES string of the molecule is O=C(c1ccccc1)c1ccc(F)c(C(=O)c2ccc(O)cc2)c1. The van der Waals surface area contributed by atoms with Crippen LogP contribution in [0.5, 0.6) is 5.75 Å². The van der Waals surface area contributed by atoms with Gasteiger partial charge in [-0.1, -0.05) is 30.3 Å². The van der Waals surface area contributed by atoms with Crippen molar-refractivity contribution in [1.29, 1.82) is 0 Å². The average Bonchev–Trinajstić information content (AvgIpc) is 2.62. The fraction of sp³-hybridized carbons (Fsp3) is 0. The molecule has 3 aromatic carbocycles. The van der Waals surface area contributed by atoms with E-state index in [0.29, 0.717) is 5.56 Å². The zero-order valence-corrected chi connectivity index (χ0v) is 12.6. The highest BCUT2D eigenvalue weighted by atomic mass is 19.1. The molecule has 0 saturated carbocycles. The largest absolute Gasteiger partial charge is 0.508 e. The number of carbonyl (C=O) groups is 2. The van der Waals surface area contributed by atoms with Crippen LogP contribution in [0.15, 0.2) is 72.8 Å². The van der Waals surface area contributed by atoms with E-state index in [-0.39, 0.29) is 28.2 Å². The molecular weight excluding hydrogens is 307 g/mol. The molecule has 3 nitrogen and oxygen atoms in total. The third-order valence-electron chi connectivity index (χ3n) is 3.64. The molecule has 0 aliphatic carbocycles. The summed E-state index contributed by atoms with van der Waals surface area (Å²) in [5, 5.41) is 9.28. The molecule has 0 spiro atoms. The average molecular weight is 320 g/mol. The van der Waals surface area contributed by atoms with E-state index in [4.69, 9.17) is 0 Å². The van der Waals surface area contributed by atoms with E-state index in [9.17, 15) is 19.1 Å². The molecule has 0 radical (unpaired) electrons. The molecule has 3 rings (SSSR count). The maximum atomic E-state index is 14.1. The minimum absolute atomic E-state index is 0.0139. The van der Waals surface area contributed by atoms with Crippen molar-refractivity contribution < 1.29 is 19.1 Å². The summed E-state index contributed by atoms with van der Waals surface area (Å²) in [5.41, 5.74) is 0.760. The van der Waals surface area contributed by atoms with Gasteiger partial charge in [0.25, 0.3) is 0 Å². The second-order valence-corrected chi connectivity index (χ2v) is 5.27. The highest BCUT2D eigenvalue weighted by molar-refractivity contribution is 6.13. The fourth-order valence-electron chi connectivity index (χ4n) is 2.37. The molecule has 0 atom stereocenters. The molecule has 0 aliphatic heterocycles. The standard InChI is InChI=1S/C20H13FO3/c21-18-11-8-15(19(23)13-4-2-1-3-5-13)12-17(18)20(24)14-6-9-16(22)10-7-14/h1-12,22H. The van der Waals surface area contributed by atoms with E-state index in [1.165, 1.54) is 36.4 Å². The maximum Gasteiger partial charge on any atom is 0.195 e. The van der Waals surface area contributed by atoms with Crippen LogP contribution in [-0.4, -0.2) is 16.7 Å². The second kappa shape index (κ2) is 6.46. The van der Waals surface area contributed by atoms with Crippen LogP contribution in [0, 0.1) is 5.82 Å². The van der Waals surface area contributed by atoms with E-state index in [1.807, 2.05) is 0 Å². The van der Waals surface area contributed by atoms with Gasteiger partial charge in [0.1, 0.15) is 11.6 Å². The van der Waals surface area contributed by atoms with Crippen LogP contribution in [0.2, 0.25) is 0 Å². The second-order valence-electron chi connectivity index (χ2n) is 5.27. The van der Waals surface area contributed by atoms with Gasteiger partial charge in [0.05, 0.1) is 5.56 Å². The Bertz CT molecular complexity index is 900. The highest BCUT2D eigenvalue weighted by Crippen LogP contribution is 2.19. The normalized spacial score (nSPS) is 10.4. The first-order valence-corrected chi connectivity index (χ1v) is 7.29. The van der Waals surface area contributed by atoms with Crippen LogP contribution < -0.4 is 0 Å². The minimum atomic E-state index is -0.697. The summed E-state index contributed by atoms with van der Waals surface area (Å²) in [6.45, 7) is 0. The van der Waals surface area contributed by atoms with E-state index in [0.717, 1.165) is 6.07 Å². The molecule has 0 fully saturated rings. The summed E-state index contributed by atoms with van der Waals surface area (Å²) in [5.74, 6) is -1.51. The van der Waals surface area contributed by atoms with Gasteiger partial charge in [0, 0.05) is 16.7 Å². The summed E-state index contributed by atoms with van der Waals surface area (Å²) >= 11 is 0. The molecule has 0 bridgehead atoms. The lowest BCUT2D eigenvalue weighted by atomic mass is 9.97. The minimum Gasteiger partial charge on any atom is -0.508 e. The number of aromatic hydroxyl groups is 1. The lowest BCUT2D eigenvalue weighted by Gasteiger charge is -2.06. The van der Waals surface area contributed by atoms with Gasteiger partial charge >= 0.3 is 0 Å². The number of phenolic OH excluding ortho intramolecular Hbond substituents is 1. The van der Waals surface area contributed by atoms with E-state index in [1.54, 1.807) is 30.3 Å². The van der Waals surface area contributed by atoms with Crippen molar-refractivity contribution in [2.75, 3.05) is 0 Å². The topological polar surface area (TPSA) is 54.4 Å². The molecule has 24 heavy (non-hydrogen) atoms. The Morgan fingerprint density at radius 3 is 1.96 bits per heavy atom. The van der Waals surface area contributed by atoms with Crippen LogP contribution in [0.3, 0.4) is 0 Å². The van der Waals surface area contributed by atoms with Crippen LogP contribution in [0.1, 0.15) is 31.8 Å². The van der Waals surface area contributed by atoms with Crippen molar-refractivity contribution in [3.8, 4) is 5.75 Å². The molecule has 4 heteroatoms. The molecule has 0 heterocycles. The van der Waals surface area contributed by atoms with Crippen molar-refractivity contribution >= 4 is 11.6 Å². The molecule has 1 N–H and O–H groups in total. The number of hydrogen-bond acceptors (Lipinski definition) is 3. The zero-order valence-electron chi connectivity index (χ0n) is 12.6. The van der Waals surface area contributed by atoms with Gasteiger partial charge in [-0.3, -0.25) is 9.59 Å². The van der Waals surface area contributed by atoms with Gasteiger partial charge in [0.15, 0.2) is 11.6 Å². The predicted octanol–water partition coefficient (Wildman–Crippen LogP) is 3.99. The van der Waals surface area contributed by atoms with Crippen LogP contribution in [-0.2, 0) is 0 Å². The molecule has 3 aromatic rings. The summed E-state index contributed by atoms with van der Waals surface area (Å²) in [4.78, 5) is 24.9. The number of phenols is 1. The summed E-state index contributed by atoms with van der Waals surface area (Å²) in [6.07, 6.45) is 0. The molecule has 0 amide bonds. The Labute approximate surface area is 138 Å². The van der Waals surface area contributed by atoms with Gasteiger partial charge in [-0.2, -0.15) is 0 Å². The number of benzene rings is 3. The lowest BCUT2D eigenvalue weighted by Crippen LogP contribution is -2.08. The van der Waals surface area contributed by atoms with Crippen molar-refractivity contribution in [3.05, 3.63) is 101 Å². The third-order valence-corrected chi connectivity index (χ3v) is 3.64. The number of rotatable bonds is 4. The third kappa shape index (κ3) is 3.08. The fourth-order valence-corrected chi connectivity index (χ4v) is 2.37. The first kappa shape index (κ1) is 15.6. The smallest absolute Gasteiger partial charge is 0.195 e. The first-order chi connectivity index (χ1) is 11.6. The molecular formula is C20H13FO3. The van der Waals surface area contributed by atoms with Gasteiger partial charge in [-0.15, -0.1) is 0 Å². The van der Waals surface area contributed by atoms with E-state index < -0.39 is 11.6 Å². The van der Waals surface area contributed by atoms with Crippen molar-refractivity contribution in [1.82, 2.24) is 0 Å². The van der Waals surface area contributed by atoms with Crippen molar-refractivity contribution in [3.63, 3.8) is 0 Å². The van der Waals surface area contributed by atoms with Gasteiger partial charge in [-0.05, 0) is 42.5 Å². The van der Waals surface area contributed by atoms with Crippen LogP contribution >= 0.6 is 0 Å². The quantitative estimate of drug-likeness (QED) is 0.739. The Balaban J connectivity index is 1.99. The number of ketones is 2. The highest BCUT2D eigenvalue weighted by Gasteiger charge is 2.17. The summed E-state index contributed by atoms with van der Waals surface area (Å²) in [7, 11) is 0. The Hall–Kier alpha value is -3.27. The first-order valence-electron chi connectivity index (χ1n) is 7.29. The zero-order chi connectivity index (χ0) is 17.1. The Kier molecular flexibility index (Phi) is 4.20. The Morgan fingerprint density at radius 2 is 1.29 bits per heavy atom. The van der Waals surface area contributed by atoms with Crippen LogP contribution in [0.25, 0.3) is 0 Å². The molecule has 0 unspecified atom stereocenters. The van der Waals surface area contributed by atoms with Crippen LogP contribution in [0.4, 0.5) is 4.39 Å². The number of hydrogen-bond donors (Lipinski definition) is 1. The molecule has 0 aliphatic rings. The van der Waals surface area contributed by atoms with Gasteiger partial charge < -0.3 is 5.11 Å². The predicted molar refractivity (Wildman–Crippen MR) is 87.8 cm³/mol. The monoisotopic (exact) mass is 320 g/mol. The number of carbonyl (C=O) groups excluding carboxylic acids is 2. The molecule has 0 aromatic heterocycles. The molecule has 0 saturated heterocycles. The maximum absolute atomic E-state index is 14.1. The Morgan fingerprint density at radius 1 is 0.708 bits per heavy atom. The van der Waals surface area contributed by atoms with Crippen molar-refractivity contribution in [2.24, 2.45) is 0 Å². The van der Waals surface area contributed by atoms with Gasteiger partial charge in [-0.25, -0.2) is 4.39 Å². The summed E-state index contributed by atoms with van der Waals surface area (Å²) < 4.78 is 14.1. The lowest BCUT2D eigenvalue weighted by molar-refractivity contribution is 0.103.